The Hall–Kier alpha value is -2.57. The maximum Gasteiger partial charge on any atom is 0.254 e. The first-order valence-electron chi connectivity index (χ1n) is 6.37. The lowest BCUT2D eigenvalue weighted by Crippen LogP contribution is -2.38. The first-order valence-corrected chi connectivity index (χ1v) is 6.37. The van der Waals surface area contributed by atoms with Crippen molar-refractivity contribution in [2.75, 3.05) is 13.3 Å². The van der Waals surface area contributed by atoms with Crippen LogP contribution in [0.4, 0.5) is 0 Å². The summed E-state index contributed by atoms with van der Waals surface area (Å²) in [5.74, 6) is 2.08. The monoisotopic (exact) mass is 272 g/mol. The minimum absolute atomic E-state index is 0.0300. The van der Waals surface area contributed by atoms with E-state index < -0.39 is 0 Å². The number of ether oxygens (including phenoxy) is 2. The Morgan fingerprint density at radius 3 is 3.05 bits per heavy atom. The number of carbonyl (C=O) groups excluding carboxylic acids is 1. The molecule has 4 rings (SSSR count). The van der Waals surface area contributed by atoms with Crippen molar-refractivity contribution >= 4 is 5.91 Å². The SMILES string of the molecule is O=C(c1ccc2c(c1)OCO2)N1CCn2cnnc2C1. The number of aromatic nitrogens is 3. The molecule has 2 aromatic rings. The number of benzene rings is 1. The molecular formula is C13H12N4O3. The number of rotatable bonds is 1. The molecule has 0 unspecified atom stereocenters. The molecule has 1 amide bonds. The Labute approximate surface area is 114 Å². The number of fused-ring (bicyclic) bond motifs is 2. The first-order chi connectivity index (χ1) is 9.81. The third kappa shape index (κ3) is 1.70. The lowest BCUT2D eigenvalue weighted by Gasteiger charge is -2.27. The van der Waals surface area contributed by atoms with Crippen molar-refractivity contribution in [1.29, 1.82) is 0 Å². The second kappa shape index (κ2) is 4.22. The Kier molecular flexibility index (Phi) is 2.38. The smallest absolute Gasteiger partial charge is 0.254 e. The molecule has 1 aromatic carbocycles. The summed E-state index contributed by atoms with van der Waals surface area (Å²) in [7, 11) is 0. The highest BCUT2D eigenvalue weighted by atomic mass is 16.7. The fourth-order valence-corrected chi connectivity index (χ4v) is 2.45. The number of hydrogen-bond donors (Lipinski definition) is 0. The molecule has 0 fully saturated rings. The average molecular weight is 272 g/mol. The molecule has 2 aliphatic rings. The van der Waals surface area contributed by atoms with Crippen LogP contribution in [0.15, 0.2) is 24.5 Å². The van der Waals surface area contributed by atoms with E-state index in [1.165, 1.54) is 0 Å². The molecule has 0 saturated heterocycles. The summed E-state index contributed by atoms with van der Waals surface area (Å²) >= 11 is 0. The molecule has 3 heterocycles. The molecule has 0 atom stereocenters. The van der Waals surface area contributed by atoms with Crippen LogP contribution in [-0.4, -0.2) is 38.9 Å². The lowest BCUT2D eigenvalue weighted by molar-refractivity contribution is 0.0707. The van der Waals surface area contributed by atoms with Gasteiger partial charge in [-0.15, -0.1) is 10.2 Å². The number of carbonyl (C=O) groups is 1. The number of nitrogens with zero attached hydrogens (tertiary/aromatic N) is 4. The van der Waals surface area contributed by atoms with E-state index in [9.17, 15) is 4.79 Å². The molecule has 0 aliphatic carbocycles. The summed E-state index contributed by atoms with van der Waals surface area (Å²) in [6, 6.07) is 5.25. The molecule has 0 N–H and O–H groups in total. The van der Waals surface area contributed by atoms with Crippen LogP contribution in [0.1, 0.15) is 16.2 Å². The zero-order chi connectivity index (χ0) is 13.5. The van der Waals surface area contributed by atoms with Gasteiger partial charge in [-0.1, -0.05) is 0 Å². The Morgan fingerprint density at radius 2 is 2.10 bits per heavy atom. The van der Waals surface area contributed by atoms with E-state index in [1.807, 2.05) is 4.57 Å². The normalized spacial score (nSPS) is 16.1. The van der Waals surface area contributed by atoms with Crippen molar-refractivity contribution < 1.29 is 14.3 Å². The maximum atomic E-state index is 12.5. The third-order valence-electron chi connectivity index (χ3n) is 3.55. The highest BCUT2D eigenvalue weighted by molar-refractivity contribution is 5.95. The molecule has 102 valence electrons. The summed E-state index contributed by atoms with van der Waals surface area (Å²) in [5.41, 5.74) is 0.599. The van der Waals surface area contributed by atoms with Crippen LogP contribution in [-0.2, 0) is 13.1 Å². The quantitative estimate of drug-likeness (QED) is 0.763. The van der Waals surface area contributed by atoms with E-state index in [0.29, 0.717) is 30.2 Å². The number of hydrogen-bond acceptors (Lipinski definition) is 5. The Balaban J connectivity index is 1.59. The predicted molar refractivity (Wildman–Crippen MR) is 67.3 cm³/mol. The second-order valence-corrected chi connectivity index (χ2v) is 4.74. The zero-order valence-corrected chi connectivity index (χ0v) is 10.7. The van der Waals surface area contributed by atoms with Crippen LogP contribution in [0, 0.1) is 0 Å². The predicted octanol–water partition coefficient (Wildman–Crippen LogP) is 0.663. The molecule has 20 heavy (non-hydrogen) atoms. The first kappa shape index (κ1) is 11.3. The summed E-state index contributed by atoms with van der Waals surface area (Å²) in [4.78, 5) is 14.3. The van der Waals surface area contributed by atoms with Crippen molar-refractivity contribution in [3.63, 3.8) is 0 Å². The van der Waals surface area contributed by atoms with Crippen LogP contribution in [0.3, 0.4) is 0 Å². The van der Waals surface area contributed by atoms with Gasteiger partial charge in [-0.3, -0.25) is 4.79 Å². The van der Waals surface area contributed by atoms with Gasteiger partial charge in [0.05, 0.1) is 6.54 Å². The molecular weight excluding hydrogens is 260 g/mol. The summed E-state index contributed by atoms with van der Waals surface area (Å²) < 4.78 is 12.5. The van der Waals surface area contributed by atoms with E-state index in [-0.39, 0.29) is 12.7 Å². The topological polar surface area (TPSA) is 69.5 Å². The zero-order valence-electron chi connectivity index (χ0n) is 10.7. The Bertz CT molecular complexity index is 682. The van der Waals surface area contributed by atoms with Gasteiger partial charge in [0.1, 0.15) is 6.33 Å². The maximum absolute atomic E-state index is 12.5. The standard InChI is InChI=1S/C13H12N4O3/c18-13(9-1-2-10-11(5-9)20-8-19-10)16-3-4-17-7-14-15-12(17)6-16/h1-2,5,7H,3-4,6,8H2. The van der Waals surface area contributed by atoms with Crippen molar-refractivity contribution in [2.45, 2.75) is 13.1 Å². The van der Waals surface area contributed by atoms with Crippen molar-refractivity contribution in [3.05, 3.63) is 35.9 Å². The summed E-state index contributed by atoms with van der Waals surface area (Å²) in [6.45, 7) is 2.06. The molecule has 1 aromatic heterocycles. The molecule has 7 heteroatoms. The molecule has 0 radical (unpaired) electrons. The number of amides is 1. The third-order valence-corrected chi connectivity index (χ3v) is 3.55. The average Bonchev–Trinajstić information content (AvgIpc) is 3.13. The molecule has 0 bridgehead atoms. The largest absolute Gasteiger partial charge is 0.454 e. The second-order valence-electron chi connectivity index (χ2n) is 4.74. The highest BCUT2D eigenvalue weighted by Crippen LogP contribution is 2.33. The van der Waals surface area contributed by atoms with Gasteiger partial charge in [0.15, 0.2) is 17.3 Å². The van der Waals surface area contributed by atoms with Crippen LogP contribution in [0.25, 0.3) is 0 Å². The molecule has 7 nitrogen and oxygen atoms in total. The molecule has 0 spiro atoms. The van der Waals surface area contributed by atoms with Gasteiger partial charge in [-0.2, -0.15) is 0 Å². The van der Waals surface area contributed by atoms with Crippen molar-refractivity contribution in [2.24, 2.45) is 0 Å². The minimum Gasteiger partial charge on any atom is -0.454 e. The lowest BCUT2D eigenvalue weighted by atomic mass is 10.1. The van der Waals surface area contributed by atoms with E-state index in [2.05, 4.69) is 10.2 Å². The minimum atomic E-state index is -0.0300. The van der Waals surface area contributed by atoms with E-state index in [1.54, 1.807) is 29.4 Å². The van der Waals surface area contributed by atoms with Gasteiger partial charge in [-0.05, 0) is 18.2 Å². The van der Waals surface area contributed by atoms with Gasteiger partial charge < -0.3 is 18.9 Å². The Morgan fingerprint density at radius 1 is 1.20 bits per heavy atom. The van der Waals surface area contributed by atoms with E-state index in [4.69, 9.17) is 9.47 Å². The fraction of sp³-hybridized carbons (Fsp3) is 0.308. The summed E-state index contributed by atoms with van der Waals surface area (Å²) in [5, 5.41) is 7.87. The van der Waals surface area contributed by atoms with Gasteiger partial charge in [0, 0.05) is 18.7 Å². The van der Waals surface area contributed by atoms with Crippen molar-refractivity contribution in [3.8, 4) is 11.5 Å². The van der Waals surface area contributed by atoms with Gasteiger partial charge in [0.2, 0.25) is 6.79 Å². The van der Waals surface area contributed by atoms with Crippen LogP contribution < -0.4 is 9.47 Å². The molecule has 2 aliphatic heterocycles. The van der Waals surface area contributed by atoms with E-state index in [0.717, 1.165) is 12.4 Å². The fourth-order valence-electron chi connectivity index (χ4n) is 2.45. The van der Waals surface area contributed by atoms with Crippen LogP contribution in [0.2, 0.25) is 0 Å². The van der Waals surface area contributed by atoms with E-state index >= 15 is 0 Å². The molecule has 0 saturated carbocycles. The van der Waals surface area contributed by atoms with Crippen LogP contribution >= 0.6 is 0 Å². The van der Waals surface area contributed by atoms with Gasteiger partial charge in [-0.25, -0.2) is 0 Å². The van der Waals surface area contributed by atoms with Crippen molar-refractivity contribution in [1.82, 2.24) is 19.7 Å². The van der Waals surface area contributed by atoms with Crippen LogP contribution in [0.5, 0.6) is 11.5 Å². The van der Waals surface area contributed by atoms with Gasteiger partial charge >= 0.3 is 0 Å². The highest BCUT2D eigenvalue weighted by Gasteiger charge is 2.24. The van der Waals surface area contributed by atoms with Gasteiger partial charge in [0.25, 0.3) is 5.91 Å². The summed E-state index contributed by atoms with van der Waals surface area (Å²) in [6.07, 6.45) is 1.69.